The van der Waals surface area contributed by atoms with Gasteiger partial charge >= 0.3 is 5.97 Å². The molecule has 1 aliphatic carbocycles. The highest BCUT2D eigenvalue weighted by Crippen LogP contribution is 2.26. The first-order valence-corrected chi connectivity index (χ1v) is 6.14. The van der Waals surface area contributed by atoms with Crippen LogP contribution in [0.25, 0.3) is 0 Å². The lowest BCUT2D eigenvalue weighted by atomic mass is 10.1. The molecule has 0 bridgehead atoms. The molecule has 0 fully saturated rings. The molecule has 2 aromatic rings. The first-order chi connectivity index (χ1) is 9.22. The summed E-state index contributed by atoms with van der Waals surface area (Å²) >= 11 is 0. The third kappa shape index (κ3) is 2.45. The number of oxazole rings is 1. The number of rotatable bonds is 4. The Morgan fingerprint density at radius 2 is 2.21 bits per heavy atom. The number of carboxylic acid groups (broad SMARTS) is 1. The first-order valence-electron chi connectivity index (χ1n) is 6.14. The minimum atomic E-state index is -1.10. The van der Waals surface area contributed by atoms with Crippen molar-refractivity contribution in [3.05, 3.63) is 47.2 Å². The zero-order chi connectivity index (χ0) is 13.2. The smallest absolute Gasteiger partial charge is 0.357 e. The fourth-order valence-electron chi connectivity index (χ4n) is 2.26. The fourth-order valence-corrected chi connectivity index (χ4v) is 2.26. The van der Waals surface area contributed by atoms with Crippen LogP contribution in [0.15, 0.2) is 28.9 Å². The van der Waals surface area contributed by atoms with Gasteiger partial charge in [0.2, 0.25) is 5.89 Å². The van der Waals surface area contributed by atoms with Crippen LogP contribution in [0.3, 0.4) is 0 Å². The van der Waals surface area contributed by atoms with E-state index in [0.29, 0.717) is 0 Å². The lowest BCUT2D eigenvalue weighted by Crippen LogP contribution is -1.99. The molecule has 0 saturated carbocycles. The van der Waals surface area contributed by atoms with E-state index in [1.54, 1.807) is 0 Å². The molecule has 98 valence electrons. The van der Waals surface area contributed by atoms with Crippen molar-refractivity contribution in [2.45, 2.75) is 25.9 Å². The van der Waals surface area contributed by atoms with Gasteiger partial charge in [-0.3, -0.25) is 0 Å². The van der Waals surface area contributed by atoms with E-state index in [1.165, 1.54) is 17.5 Å². The summed E-state index contributed by atoms with van der Waals surface area (Å²) in [5, 5.41) is 8.73. The minimum Gasteiger partial charge on any atom is -0.484 e. The highest BCUT2D eigenvalue weighted by molar-refractivity contribution is 5.84. The normalized spacial score (nSPS) is 13.3. The number of fused-ring (bicyclic) bond motifs is 1. The van der Waals surface area contributed by atoms with Gasteiger partial charge in [-0.2, -0.15) is 0 Å². The average Bonchev–Trinajstić information content (AvgIpc) is 3.04. The Balaban J connectivity index is 1.67. The van der Waals surface area contributed by atoms with Gasteiger partial charge in [-0.1, -0.05) is 6.07 Å². The third-order valence-corrected chi connectivity index (χ3v) is 3.20. The topological polar surface area (TPSA) is 72.6 Å². The van der Waals surface area contributed by atoms with Gasteiger partial charge in [0, 0.05) is 0 Å². The largest absolute Gasteiger partial charge is 0.484 e. The van der Waals surface area contributed by atoms with E-state index in [9.17, 15) is 4.79 Å². The highest BCUT2D eigenvalue weighted by Gasteiger charge is 2.13. The van der Waals surface area contributed by atoms with E-state index in [1.807, 2.05) is 12.1 Å². The van der Waals surface area contributed by atoms with Crippen molar-refractivity contribution < 1.29 is 19.1 Å². The molecule has 0 saturated heterocycles. The van der Waals surface area contributed by atoms with E-state index in [4.69, 9.17) is 14.3 Å². The van der Waals surface area contributed by atoms with Crippen molar-refractivity contribution in [2.24, 2.45) is 0 Å². The van der Waals surface area contributed by atoms with Crippen molar-refractivity contribution in [2.75, 3.05) is 0 Å². The third-order valence-electron chi connectivity index (χ3n) is 3.20. The van der Waals surface area contributed by atoms with Gasteiger partial charge in [-0.05, 0) is 42.5 Å². The molecule has 0 aliphatic heterocycles. The Labute approximate surface area is 109 Å². The van der Waals surface area contributed by atoms with Crippen LogP contribution in [0.2, 0.25) is 0 Å². The van der Waals surface area contributed by atoms with E-state index in [-0.39, 0.29) is 18.2 Å². The van der Waals surface area contributed by atoms with Crippen molar-refractivity contribution in [3.63, 3.8) is 0 Å². The van der Waals surface area contributed by atoms with Crippen LogP contribution in [0.4, 0.5) is 0 Å². The number of nitrogens with zero attached hydrogens (tertiary/aromatic N) is 1. The summed E-state index contributed by atoms with van der Waals surface area (Å²) in [7, 11) is 0. The molecule has 19 heavy (non-hydrogen) atoms. The minimum absolute atomic E-state index is 0.104. The number of benzene rings is 1. The Bertz CT molecular complexity index is 618. The SMILES string of the molecule is O=C(O)c1coc(COc2ccc3c(c2)CCC3)n1. The fraction of sp³-hybridized carbons (Fsp3) is 0.286. The number of aromatic nitrogens is 1. The number of hydrogen-bond acceptors (Lipinski definition) is 4. The molecule has 3 rings (SSSR count). The second kappa shape index (κ2) is 4.76. The average molecular weight is 259 g/mol. The Kier molecular flexibility index (Phi) is 2.95. The maximum absolute atomic E-state index is 10.7. The number of ether oxygens (including phenoxy) is 1. The summed E-state index contributed by atoms with van der Waals surface area (Å²) in [4.78, 5) is 14.5. The van der Waals surface area contributed by atoms with Gasteiger partial charge in [-0.25, -0.2) is 9.78 Å². The van der Waals surface area contributed by atoms with E-state index in [0.717, 1.165) is 24.9 Å². The van der Waals surface area contributed by atoms with Gasteiger partial charge in [-0.15, -0.1) is 0 Å². The highest BCUT2D eigenvalue weighted by atomic mass is 16.5. The van der Waals surface area contributed by atoms with Crippen LogP contribution in [-0.2, 0) is 19.4 Å². The van der Waals surface area contributed by atoms with E-state index in [2.05, 4.69) is 11.1 Å². The zero-order valence-corrected chi connectivity index (χ0v) is 10.3. The lowest BCUT2D eigenvalue weighted by molar-refractivity contribution is 0.0690. The van der Waals surface area contributed by atoms with Gasteiger partial charge in [0.15, 0.2) is 12.3 Å². The van der Waals surface area contributed by atoms with Crippen LogP contribution in [0.1, 0.15) is 33.9 Å². The van der Waals surface area contributed by atoms with Gasteiger partial charge < -0.3 is 14.3 Å². The van der Waals surface area contributed by atoms with Crippen LogP contribution >= 0.6 is 0 Å². The van der Waals surface area contributed by atoms with Crippen LogP contribution in [-0.4, -0.2) is 16.1 Å². The van der Waals surface area contributed by atoms with Crippen LogP contribution in [0.5, 0.6) is 5.75 Å². The molecule has 0 unspecified atom stereocenters. The molecule has 5 nitrogen and oxygen atoms in total. The van der Waals surface area contributed by atoms with Crippen molar-refractivity contribution in [1.82, 2.24) is 4.98 Å². The molecule has 0 atom stereocenters. The monoisotopic (exact) mass is 259 g/mol. The van der Waals surface area contributed by atoms with Crippen LogP contribution < -0.4 is 4.74 Å². The van der Waals surface area contributed by atoms with Gasteiger partial charge in [0.05, 0.1) is 0 Å². The van der Waals surface area contributed by atoms with Crippen molar-refractivity contribution in [1.29, 1.82) is 0 Å². The second-order valence-electron chi connectivity index (χ2n) is 4.50. The Morgan fingerprint density at radius 3 is 3.00 bits per heavy atom. The quantitative estimate of drug-likeness (QED) is 0.912. The summed E-state index contributed by atoms with van der Waals surface area (Å²) in [6.07, 6.45) is 4.54. The molecule has 1 N–H and O–H groups in total. The maximum Gasteiger partial charge on any atom is 0.357 e. The predicted molar refractivity (Wildman–Crippen MR) is 66.3 cm³/mol. The molecule has 1 aromatic heterocycles. The molecule has 1 aliphatic rings. The molecule has 0 amide bonds. The number of aromatic carboxylic acids is 1. The first kappa shape index (κ1) is 11.8. The maximum atomic E-state index is 10.7. The summed E-state index contributed by atoms with van der Waals surface area (Å²) < 4.78 is 10.6. The number of hydrogen-bond donors (Lipinski definition) is 1. The molecular weight excluding hydrogens is 246 g/mol. The Morgan fingerprint density at radius 1 is 1.37 bits per heavy atom. The number of carbonyl (C=O) groups is 1. The molecule has 0 radical (unpaired) electrons. The lowest BCUT2D eigenvalue weighted by Gasteiger charge is -2.05. The number of carboxylic acids is 1. The van der Waals surface area contributed by atoms with Crippen LogP contribution in [0, 0.1) is 0 Å². The zero-order valence-electron chi connectivity index (χ0n) is 10.3. The van der Waals surface area contributed by atoms with Crippen molar-refractivity contribution in [3.8, 4) is 5.75 Å². The number of aryl methyl sites for hydroxylation is 2. The molecule has 0 spiro atoms. The summed E-state index contributed by atoms with van der Waals surface area (Å²) in [6.45, 7) is 0.131. The van der Waals surface area contributed by atoms with E-state index >= 15 is 0 Å². The van der Waals surface area contributed by atoms with Gasteiger partial charge in [0.25, 0.3) is 0 Å². The molecular formula is C14H13NO4. The standard InChI is InChI=1S/C14H13NO4/c16-14(17)12-7-19-13(15-12)8-18-11-5-4-9-2-1-3-10(9)6-11/h4-7H,1-3,8H2,(H,16,17). The Hall–Kier alpha value is -2.30. The molecule has 5 heteroatoms. The van der Waals surface area contributed by atoms with E-state index < -0.39 is 5.97 Å². The molecule has 1 heterocycles. The second-order valence-corrected chi connectivity index (χ2v) is 4.50. The summed E-state index contributed by atoms with van der Waals surface area (Å²) in [5.41, 5.74) is 2.61. The summed E-state index contributed by atoms with van der Waals surface area (Å²) in [5.74, 6) is -0.0823. The predicted octanol–water partition coefficient (Wildman–Crippen LogP) is 2.44. The van der Waals surface area contributed by atoms with Gasteiger partial charge in [0.1, 0.15) is 12.0 Å². The van der Waals surface area contributed by atoms with Crippen molar-refractivity contribution >= 4 is 5.97 Å². The summed E-state index contributed by atoms with van der Waals surface area (Å²) in [6, 6.07) is 6.03. The molecule has 1 aromatic carbocycles.